The van der Waals surface area contributed by atoms with Crippen molar-refractivity contribution in [1.29, 1.82) is 0 Å². The van der Waals surface area contributed by atoms with Gasteiger partial charge in [0, 0.05) is 11.5 Å². The number of aromatic nitrogens is 2. The third kappa shape index (κ3) is 4.72. The van der Waals surface area contributed by atoms with Crippen LogP contribution in [0.1, 0.15) is 41.2 Å². The molecule has 0 unspecified atom stereocenters. The number of nitrogens with one attached hydrogen (secondary N) is 1. The lowest BCUT2D eigenvalue weighted by atomic mass is 9.86. The number of aliphatic carboxylic acids is 1. The Balaban J connectivity index is 1.95. The summed E-state index contributed by atoms with van der Waals surface area (Å²) in [4.78, 5) is 10.9. The van der Waals surface area contributed by atoms with Gasteiger partial charge in [-0.15, -0.1) is 0 Å². The molecule has 1 aromatic heterocycles. The molecule has 0 radical (unpaired) electrons. The third-order valence-corrected chi connectivity index (χ3v) is 5.77. The van der Waals surface area contributed by atoms with Gasteiger partial charge in [-0.1, -0.05) is 43.3 Å². The zero-order chi connectivity index (χ0) is 23.4. The Morgan fingerprint density at radius 1 is 1.06 bits per heavy atom. The highest BCUT2D eigenvalue weighted by molar-refractivity contribution is 6.01. The molecular weight excluding hydrogens is 412 g/mol. The predicted octanol–water partition coefficient (Wildman–Crippen LogP) is 6.35. The molecule has 0 saturated carbocycles. The van der Waals surface area contributed by atoms with Gasteiger partial charge in [0.25, 0.3) is 0 Å². The lowest BCUT2D eigenvalue weighted by Crippen LogP contribution is -1.98. The Morgan fingerprint density at radius 2 is 1.82 bits per heavy atom. The summed E-state index contributed by atoms with van der Waals surface area (Å²) in [6.45, 7) is 4.27. The lowest BCUT2D eigenvalue weighted by Gasteiger charge is -2.19. The second-order valence-electron chi connectivity index (χ2n) is 7.85. The minimum absolute atomic E-state index is 0.820. The number of rotatable bonds is 7. The Morgan fingerprint density at radius 3 is 2.52 bits per heavy atom. The van der Waals surface area contributed by atoms with E-state index in [0.717, 1.165) is 57.0 Å². The van der Waals surface area contributed by atoms with Gasteiger partial charge in [0.2, 0.25) is 0 Å². The second-order valence-corrected chi connectivity index (χ2v) is 7.85. The molecule has 3 aromatic carbocycles. The van der Waals surface area contributed by atoms with E-state index in [0.29, 0.717) is 0 Å². The smallest absolute Gasteiger partial charge is 0.328 e. The molecule has 33 heavy (non-hydrogen) atoms. The Labute approximate surface area is 193 Å². The Hall–Kier alpha value is -4.12. The van der Waals surface area contributed by atoms with Crippen LogP contribution in [-0.2, 0) is 4.79 Å². The number of carboxylic acid groups (broad SMARTS) is 1. The van der Waals surface area contributed by atoms with E-state index in [1.165, 1.54) is 11.1 Å². The first-order chi connectivity index (χ1) is 16.0. The molecule has 0 aliphatic heterocycles. The maximum absolute atomic E-state index is 10.9. The van der Waals surface area contributed by atoms with Crippen molar-refractivity contribution >= 4 is 34.1 Å². The number of carboxylic acids is 1. The van der Waals surface area contributed by atoms with Crippen molar-refractivity contribution in [3.63, 3.8) is 0 Å². The number of hydrogen-bond donors (Lipinski definition) is 2. The van der Waals surface area contributed by atoms with E-state index in [-0.39, 0.29) is 0 Å². The highest BCUT2D eigenvalue weighted by atomic mass is 16.5. The number of nitrogens with zero attached hydrogens (tertiary/aromatic N) is 1. The number of H-pyrrole nitrogens is 1. The standard InChI is InChI=1S/C28H26N2O3/c1-4-24(25-16-23(33-3)12-5-18(25)2)28(21-11-13-26-22(15-21)17-29-30-26)20-9-6-19(7-10-20)8-14-27(31)32/h5-17H,4H2,1-3H3,(H,29,30)(H,31,32)/b14-8+,28-24+. The zero-order valence-corrected chi connectivity index (χ0v) is 18.9. The summed E-state index contributed by atoms with van der Waals surface area (Å²) in [6, 6.07) is 20.4. The number of hydrogen-bond acceptors (Lipinski definition) is 3. The number of ether oxygens (including phenoxy) is 1. The number of allylic oxidation sites excluding steroid dienone is 1. The molecule has 4 aromatic rings. The van der Waals surface area contributed by atoms with Crippen molar-refractivity contribution in [3.8, 4) is 5.75 Å². The summed E-state index contributed by atoms with van der Waals surface area (Å²) in [7, 11) is 1.68. The van der Waals surface area contributed by atoms with E-state index in [4.69, 9.17) is 9.84 Å². The molecule has 166 valence electrons. The van der Waals surface area contributed by atoms with Crippen molar-refractivity contribution in [2.75, 3.05) is 7.11 Å². The Kier molecular flexibility index (Phi) is 6.41. The average Bonchev–Trinajstić information content (AvgIpc) is 3.30. The Bertz CT molecular complexity index is 1360. The fourth-order valence-corrected chi connectivity index (χ4v) is 4.10. The molecule has 0 aliphatic carbocycles. The zero-order valence-electron chi connectivity index (χ0n) is 18.9. The first-order valence-corrected chi connectivity index (χ1v) is 10.8. The van der Waals surface area contributed by atoms with Gasteiger partial charge >= 0.3 is 5.97 Å². The van der Waals surface area contributed by atoms with Crippen molar-refractivity contribution in [1.82, 2.24) is 10.2 Å². The van der Waals surface area contributed by atoms with E-state index in [1.807, 2.05) is 42.6 Å². The number of methoxy groups -OCH3 is 1. The molecule has 0 fully saturated rings. The molecule has 0 bridgehead atoms. The summed E-state index contributed by atoms with van der Waals surface area (Å²) in [5.41, 5.74) is 8.64. The minimum atomic E-state index is -0.963. The lowest BCUT2D eigenvalue weighted by molar-refractivity contribution is -0.131. The van der Waals surface area contributed by atoms with Gasteiger partial charge in [0.15, 0.2) is 0 Å². The third-order valence-electron chi connectivity index (χ3n) is 5.77. The first-order valence-electron chi connectivity index (χ1n) is 10.8. The summed E-state index contributed by atoms with van der Waals surface area (Å²) >= 11 is 0. The highest BCUT2D eigenvalue weighted by Gasteiger charge is 2.16. The number of carbonyl (C=O) groups is 1. The molecule has 0 atom stereocenters. The van der Waals surface area contributed by atoms with Crippen LogP contribution in [0.15, 0.2) is 72.9 Å². The molecule has 4 rings (SSSR count). The topological polar surface area (TPSA) is 75.2 Å². The molecule has 0 amide bonds. The number of fused-ring (bicyclic) bond motifs is 1. The largest absolute Gasteiger partial charge is 0.497 e. The van der Waals surface area contributed by atoms with Gasteiger partial charge in [-0.05, 0) is 82.6 Å². The van der Waals surface area contributed by atoms with Gasteiger partial charge in [-0.2, -0.15) is 5.10 Å². The minimum Gasteiger partial charge on any atom is -0.497 e. The second kappa shape index (κ2) is 9.57. The van der Waals surface area contributed by atoms with Gasteiger partial charge < -0.3 is 9.84 Å². The number of aromatic amines is 1. The van der Waals surface area contributed by atoms with Crippen LogP contribution in [0.4, 0.5) is 0 Å². The van der Waals surface area contributed by atoms with E-state index in [9.17, 15) is 4.79 Å². The first kappa shape index (κ1) is 22.1. The molecule has 0 saturated heterocycles. The molecular formula is C28H26N2O3. The van der Waals surface area contributed by atoms with Crippen LogP contribution in [-0.4, -0.2) is 28.4 Å². The van der Waals surface area contributed by atoms with Gasteiger partial charge in [0.05, 0.1) is 18.8 Å². The fourth-order valence-electron chi connectivity index (χ4n) is 4.10. The molecule has 2 N–H and O–H groups in total. The predicted molar refractivity (Wildman–Crippen MR) is 133 cm³/mol. The van der Waals surface area contributed by atoms with E-state index in [1.54, 1.807) is 13.2 Å². The fraction of sp³-hybridized carbons (Fsp3) is 0.143. The van der Waals surface area contributed by atoms with Crippen molar-refractivity contribution in [2.24, 2.45) is 0 Å². The van der Waals surface area contributed by atoms with Gasteiger partial charge in [0.1, 0.15) is 5.75 Å². The summed E-state index contributed by atoms with van der Waals surface area (Å²) in [5.74, 6) is -0.143. The molecule has 0 aliphatic rings. The molecule has 5 nitrogen and oxygen atoms in total. The maximum atomic E-state index is 10.9. The summed E-state index contributed by atoms with van der Waals surface area (Å²) < 4.78 is 5.51. The molecule has 5 heteroatoms. The van der Waals surface area contributed by atoms with Crippen LogP contribution in [0.25, 0.3) is 28.1 Å². The molecule has 1 heterocycles. The summed E-state index contributed by atoms with van der Waals surface area (Å²) in [5, 5.41) is 17.2. The summed E-state index contributed by atoms with van der Waals surface area (Å²) in [6.07, 6.45) is 5.40. The van der Waals surface area contributed by atoms with E-state index >= 15 is 0 Å². The van der Waals surface area contributed by atoms with Gasteiger partial charge in [-0.25, -0.2) is 4.79 Å². The van der Waals surface area contributed by atoms with Crippen LogP contribution in [0.3, 0.4) is 0 Å². The maximum Gasteiger partial charge on any atom is 0.328 e. The van der Waals surface area contributed by atoms with Crippen LogP contribution >= 0.6 is 0 Å². The number of benzene rings is 3. The van der Waals surface area contributed by atoms with Gasteiger partial charge in [-0.3, -0.25) is 5.10 Å². The van der Waals surface area contributed by atoms with E-state index < -0.39 is 5.97 Å². The van der Waals surface area contributed by atoms with Crippen molar-refractivity contribution < 1.29 is 14.6 Å². The average molecular weight is 439 g/mol. The normalized spacial score (nSPS) is 12.2. The van der Waals surface area contributed by atoms with Crippen LogP contribution in [0.2, 0.25) is 0 Å². The molecule has 0 spiro atoms. The van der Waals surface area contributed by atoms with Crippen molar-refractivity contribution in [3.05, 3.63) is 101 Å². The van der Waals surface area contributed by atoms with Crippen LogP contribution < -0.4 is 4.74 Å². The monoisotopic (exact) mass is 438 g/mol. The number of aryl methyl sites for hydroxylation is 1. The van der Waals surface area contributed by atoms with E-state index in [2.05, 4.69) is 48.3 Å². The SMILES string of the molecule is CC/C(=C(/c1ccc(/C=C/C(=O)O)cc1)c1ccc2[nH]ncc2c1)c1cc(OC)ccc1C. The van der Waals surface area contributed by atoms with Crippen molar-refractivity contribution in [2.45, 2.75) is 20.3 Å². The van der Waals surface area contributed by atoms with Crippen LogP contribution in [0.5, 0.6) is 5.75 Å². The van der Waals surface area contributed by atoms with Crippen LogP contribution in [0, 0.1) is 6.92 Å². The quantitative estimate of drug-likeness (QED) is 0.260. The highest BCUT2D eigenvalue weighted by Crippen LogP contribution is 2.37.